The first-order valence-electron chi connectivity index (χ1n) is 7.37. The summed E-state index contributed by atoms with van der Waals surface area (Å²) in [4.78, 5) is 25.6. The standard InChI is InChI=1S/C15H27NO3/c1-10(2)9-16(13-7-5-6-8-13)14(17)11(3)12(4)15(18)19/h10-13H,5-9H2,1-4H3,(H,18,19). The van der Waals surface area contributed by atoms with Gasteiger partial charge in [-0.1, -0.05) is 40.5 Å². The van der Waals surface area contributed by atoms with Gasteiger partial charge in [-0.05, 0) is 18.8 Å². The molecule has 0 saturated heterocycles. The van der Waals surface area contributed by atoms with Crippen LogP contribution in [0.4, 0.5) is 0 Å². The third kappa shape index (κ3) is 4.22. The molecular weight excluding hydrogens is 242 g/mol. The van der Waals surface area contributed by atoms with Gasteiger partial charge in [0.2, 0.25) is 5.91 Å². The van der Waals surface area contributed by atoms with E-state index in [-0.39, 0.29) is 5.91 Å². The van der Waals surface area contributed by atoms with Crippen molar-refractivity contribution in [1.29, 1.82) is 0 Å². The van der Waals surface area contributed by atoms with E-state index in [9.17, 15) is 9.59 Å². The van der Waals surface area contributed by atoms with E-state index in [1.165, 1.54) is 12.8 Å². The monoisotopic (exact) mass is 269 g/mol. The van der Waals surface area contributed by atoms with Crippen LogP contribution >= 0.6 is 0 Å². The van der Waals surface area contributed by atoms with Crippen molar-refractivity contribution in [3.05, 3.63) is 0 Å². The summed E-state index contributed by atoms with van der Waals surface area (Å²) < 4.78 is 0. The summed E-state index contributed by atoms with van der Waals surface area (Å²) in [5.74, 6) is -1.54. The van der Waals surface area contributed by atoms with Gasteiger partial charge in [-0.25, -0.2) is 0 Å². The first-order chi connectivity index (χ1) is 8.84. The van der Waals surface area contributed by atoms with Crippen LogP contribution in [0.25, 0.3) is 0 Å². The Bertz CT molecular complexity index is 321. The molecule has 4 heteroatoms. The molecule has 2 unspecified atom stereocenters. The minimum atomic E-state index is -0.892. The summed E-state index contributed by atoms with van der Waals surface area (Å²) in [6.07, 6.45) is 4.48. The van der Waals surface area contributed by atoms with Crippen molar-refractivity contribution >= 4 is 11.9 Å². The minimum absolute atomic E-state index is 0.00972. The number of carbonyl (C=O) groups is 2. The van der Waals surface area contributed by atoms with Gasteiger partial charge in [0.05, 0.1) is 5.92 Å². The van der Waals surface area contributed by atoms with Crippen LogP contribution < -0.4 is 0 Å². The quantitative estimate of drug-likeness (QED) is 0.806. The molecule has 1 fully saturated rings. The van der Waals surface area contributed by atoms with Crippen LogP contribution in [-0.2, 0) is 9.59 Å². The van der Waals surface area contributed by atoms with Crippen LogP contribution in [-0.4, -0.2) is 34.5 Å². The molecule has 1 aliphatic carbocycles. The van der Waals surface area contributed by atoms with Crippen LogP contribution in [0.3, 0.4) is 0 Å². The molecule has 1 saturated carbocycles. The van der Waals surface area contributed by atoms with E-state index in [1.54, 1.807) is 13.8 Å². The van der Waals surface area contributed by atoms with Crippen molar-refractivity contribution in [3.63, 3.8) is 0 Å². The molecule has 0 spiro atoms. The van der Waals surface area contributed by atoms with Gasteiger partial charge in [0.1, 0.15) is 0 Å². The number of nitrogens with zero attached hydrogens (tertiary/aromatic N) is 1. The molecule has 4 nitrogen and oxygen atoms in total. The van der Waals surface area contributed by atoms with Gasteiger partial charge in [-0.2, -0.15) is 0 Å². The number of hydrogen-bond donors (Lipinski definition) is 1. The van der Waals surface area contributed by atoms with E-state index in [1.807, 2.05) is 4.90 Å². The zero-order chi connectivity index (χ0) is 14.6. The highest BCUT2D eigenvalue weighted by atomic mass is 16.4. The highest BCUT2D eigenvalue weighted by Crippen LogP contribution is 2.27. The maximum atomic E-state index is 12.6. The predicted octanol–water partition coefficient (Wildman–Crippen LogP) is 2.77. The number of carboxylic acid groups (broad SMARTS) is 1. The van der Waals surface area contributed by atoms with Gasteiger partial charge in [-0.3, -0.25) is 9.59 Å². The van der Waals surface area contributed by atoms with E-state index >= 15 is 0 Å². The average molecular weight is 269 g/mol. The highest BCUT2D eigenvalue weighted by Gasteiger charge is 2.34. The number of carboxylic acids is 1. The molecular formula is C15H27NO3. The Morgan fingerprint density at radius 1 is 1.11 bits per heavy atom. The van der Waals surface area contributed by atoms with Gasteiger partial charge in [0.15, 0.2) is 0 Å². The van der Waals surface area contributed by atoms with Gasteiger partial charge in [0.25, 0.3) is 0 Å². The molecule has 2 atom stereocenters. The molecule has 0 radical (unpaired) electrons. The maximum absolute atomic E-state index is 12.6. The first-order valence-corrected chi connectivity index (χ1v) is 7.37. The molecule has 19 heavy (non-hydrogen) atoms. The zero-order valence-electron chi connectivity index (χ0n) is 12.6. The molecule has 0 bridgehead atoms. The summed E-state index contributed by atoms with van der Waals surface area (Å²) in [5.41, 5.74) is 0. The summed E-state index contributed by atoms with van der Waals surface area (Å²) in [7, 11) is 0. The fraction of sp³-hybridized carbons (Fsp3) is 0.867. The highest BCUT2D eigenvalue weighted by molar-refractivity contribution is 5.84. The van der Waals surface area contributed by atoms with Crippen molar-refractivity contribution in [2.75, 3.05) is 6.54 Å². The summed E-state index contributed by atoms with van der Waals surface area (Å²) in [6, 6.07) is 0.318. The van der Waals surface area contributed by atoms with E-state index in [0.717, 1.165) is 19.4 Å². The molecule has 1 aliphatic rings. The molecule has 0 heterocycles. The molecule has 0 aromatic heterocycles. The summed E-state index contributed by atoms with van der Waals surface area (Å²) in [5, 5.41) is 9.06. The van der Waals surface area contributed by atoms with E-state index < -0.39 is 17.8 Å². The minimum Gasteiger partial charge on any atom is -0.481 e. The lowest BCUT2D eigenvalue weighted by atomic mass is 9.93. The average Bonchev–Trinajstić information content (AvgIpc) is 2.86. The third-order valence-electron chi connectivity index (χ3n) is 4.14. The molecule has 0 aliphatic heterocycles. The predicted molar refractivity (Wildman–Crippen MR) is 74.8 cm³/mol. The van der Waals surface area contributed by atoms with Gasteiger partial charge in [0, 0.05) is 18.5 Å². The second-order valence-electron chi connectivity index (χ2n) is 6.24. The smallest absolute Gasteiger partial charge is 0.307 e. The third-order valence-corrected chi connectivity index (χ3v) is 4.14. The number of rotatable bonds is 6. The molecule has 0 aromatic rings. The van der Waals surface area contributed by atoms with E-state index in [2.05, 4.69) is 13.8 Å². The van der Waals surface area contributed by atoms with Crippen molar-refractivity contribution in [2.24, 2.45) is 17.8 Å². The van der Waals surface area contributed by atoms with Gasteiger partial charge >= 0.3 is 5.97 Å². The molecule has 0 aromatic carbocycles. The van der Waals surface area contributed by atoms with Gasteiger partial charge in [-0.15, -0.1) is 0 Å². The Balaban J connectivity index is 2.78. The van der Waals surface area contributed by atoms with Crippen molar-refractivity contribution < 1.29 is 14.7 Å². The largest absolute Gasteiger partial charge is 0.481 e. The van der Waals surface area contributed by atoms with Crippen LogP contribution in [0, 0.1) is 17.8 Å². The maximum Gasteiger partial charge on any atom is 0.307 e. The van der Waals surface area contributed by atoms with Crippen LogP contribution in [0.1, 0.15) is 53.4 Å². The molecule has 1 amide bonds. The van der Waals surface area contributed by atoms with Crippen LogP contribution in [0.5, 0.6) is 0 Å². The Morgan fingerprint density at radius 3 is 2.05 bits per heavy atom. The number of aliphatic carboxylic acids is 1. The first kappa shape index (κ1) is 16.0. The topological polar surface area (TPSA) is 57.6 Å². The molecule has 1 rings (SSSR count). The Labute approximate surface area is 116 Å². The Hall–Kier alpha value is -1.06. The normalized spacial score (nSPS) is 19.4. The Morgan fingerprint density at radius 2 is 1.63 bits per heavy atom. The van der Waals surface area contributed by atoms with Crippen LogP contribution in [0.15, 0.2) is 0 Å². The van der Waals surface area contributed by atoms with Crippen molar-refractivity contribution in [3.8, 4) is 0 Å². The fourth-order valence-corrected chi connectivity index (χ4v) is 2.72. The SMILES string of the molecule is CC(C)CN(C(=O)C(C)C(C)C(=O)O)C1CCCC1. The van der Waals surface area contributed by atoms with E-state index in [0.29, 0.717) is 12.0 Å². The number of hydrogen-bond acceptors (Lipinski definition) is 2. The van der Waals surface area contributed by atoms with E-state index in [4.69, 9.17) is 5.11 Å². The second-order valence-corrected chi connectivity index (χ2v) is 6.24. The number of carbonyl (C=O) groups excluding carboxylic acids is 1. The molecule has 1 N–H and O–H groups in total. The second kappa shape index (κ2) is 6.92. The zero-order valence-corrected chi connectivity index (χ0v) is 12.6. The molecule has 110 valence electrons. The lowest BCUT2D eigenvalue weighted by molar-refractivity contribution is -0.150. The lowest BCUT2D eigenvalue weighted by Crippen LogP contribution is -2.45. The van der Waals surface area contributed by atoms with Crippen molar-refractivity contribution in [2.45, 2.75) is 59.4 Å². The number of amides is 1. The van der Waals surface area contributed by atoms with Crippen LogP contribution in [0.2, 0.25) is 0 Å². The summed E-state index contributed by atoms with van der Waals surface area (Å²) in [6.45, 7) is 8.29. The Kier molecular flexibility index (Phi) is 5.83. The fourth-order valence-electron chi connectivity index (χ4n) is 2.72. The lowest BCUT2D eigenvalue weighted by Gasteiger charge is -2.33. The van der Waals surface area contributed by atoms with Crippen molar-refractivity contribution in [1.82, 2.24) is 4.90 Å². The van der Waals surface area contributed by atoms with Gasteiger partial charge < -0.3 is 10.0 Å². The summed E-state index contributed by atoms with van der Waals surface area (Å²) >= 11 is 0.